The van der Waals surface area contributed by atoms with Crippen molar-refractivity contribution in [3.8, 4) is 0 Å². The highest BCUT2D eigenvalue weighted by molar-refractivity contribution is 6.42. The van der Waals surface area contributed by atoms with Gasteiger partial charge in [-0.3, -0.25) is 0 Å². The van der Waals surface area contributed by atoms with Crippen LogP contribution in [0.5, 0.6) is 0 Å². The molecule has 0 aromatic heterocycles. The van der Waals surface area contributed by atoms with Crippen LogP contribution in [0.1, 0.15) is 35.1 Å². The van der Waals surface area contributed by atoms with E-state index in [2.05, 4.69) is 5.32 Å². The van der Waals surface area contributed by atoms with Crippen LogP contribution < -0.4 is 11.1 Å². The van der Waals surface area contributed by atoms with Crippen LogP contribution in [-0.2, 0) is 23.3 Å². The summed E-state index contributed by atoms with van der Waals surface area (Å²) in [6.07, 6.45) is 2.63. The Hall–Kier alpha value is -1.25. The van der Waals surface area contributed by atoms with Crippen molar-refractivity contribution in [2.75, 3.05) is 5.32 Å². The molecule has 0 fully saturated rings. The van der Waals surface area contributed by atoms with Crippen molar-refractivity contribution in [2.24, 2.45) is 5.73 Å². The zero-order valence-electron chi connectivity index (χ0n) is 11.2. The number of rotatable bonds is 1. The normalized spacial score (nSPS) is 21.2. The van der Waals surface area contributed by atoms with Crippen molar-refractivity contribution >= 4 is 43.1 Å². The third-order valence-electron chi connectivity index (χ3n) is 4.37. The highest BCUT2D eigenvalue weighted by Gasteiger charge is 2.38. The number of carbonyl (C=O) groups excluding carboxylic acids is 1. The number of urea groups is 1. The number of amides is 2. The molecule has 20 heavy (non-hydrogen) atoms. The lowest BCUT2D eigenvalue weighted by atomic mass is 9.49. The molecule has 2 amide bonds. The van der Waals surface area contributed by atoms with E-state index in [4.69, 9.17) is 37.1 Å². The number of anilines is 1. The first kappa shape index (κ1) is 13.7. The summed E-state index contributed by atoms with van der Waals surface area (Å²) < 4.78 is 0. The van der Waals surface area contributed by atoms with Crippen LogP contribution in [0.2, 0.25) is 0 Å². The number of hydrogen-bond acceptors (Lipinski definition) is 1. The average molecular weight is 255 g/mol. The predicted molar refractivity (Wildman–Crippen MR) is 82.7 cm³/mol. The summed E-state index contributed by atoms with van der Waals surface area (Å²) >= 11 is 0. The SMILES string of the molecule is [B]C1([B])CCc2c1cc1c(c2NC(N)=O)CCC1([B])[B]. The lowest BCUT2D eigenvalue weighted by Gasteiger charge is -2.26. The molecule has 0 heterocycles. The van der Waals surface area contributed by atoms with Crippen molar-refractivity contribution in [1.82, 2.24) is 0 Å². The fourth-order valence-corrected chi connectivity index (χ4v) is 3.33. The maximum atomic E-state index is 11.3. The fourth-order valence-electron chi connectivity index (χ4n) is 3.33. The van der Waals surface area contributed by atoms with Crippen LogP contribution in [0, 0.1) is 0 Å². The van der Waals surface area contributed by atoms with Gasteiger partial charge in [-0.05, 0) is 24.0 Å². The van der Waals surface area contributed by atoms with Crippen LogP contribution in [0.4, 0.5) is 10.5 Å². The molecule has 7 heteroatoms. The molecule has 1 aromatic carbocycles. The first-order chi connectivity index (χ1) is 9.22. The molecule has 92 valence electrons. The van der Waals surface area contributed by atoms with Crippen molar-refractivity contribution in [3.63, 3.8) is 0 Å². The maximum Gasteiger partial charge on any atom is 0.316 e. The molecule has 3 rings (SSSR count). The molecule has 0 bridgehead atoms. The molecule has 2 aliphatic carbocycles. The van der Waals surface area contributed by atoms with Crippen molar-refractivity contribution in [3.05, 3.63) is 28.3 Å². The Morgan fingerprint density at radius 1 is 1.05 bits per heavy atom. The van der Waals surface area contributed by atoms with Crippen molar-refractivity contribution in [2.45, 2.75) is 36.1 Å². The third-order valence-corrected chi connectivity index (χ3v) is 4.37. The molecule has 0 saturated carbocycles. The van der Waals surface area contributed by atoms with Gasteiger partial charge < -0.3 is 11.1 Å². The summed E-state index contributed by atoms with van der Waals surface area (Å²) in [5, 5.41) is 0.859. The largest absolute Gasteiger partial charge is 0.351 e. The van der Waals surface area contributed by atoms with Gasteiger partial charge in [0.1, 0.15) is 0 Å². The Bertz CT molecular complexity index is 571. The number of primary amides is 1. The highest BCUT2D eigenvalue weighted by atomic mass is 16.2. The summed E-state index contributed by atoms with van der Waals surface area (Å²) in [5.41, 5.74) is 9.45. The first-order valence-electron chi connectivity index (χ1n) is 6.64. The third kappa shape index (κ3) is 1.90. The fraction of sp³-hybridized carbons (Fsp3) is 0.462. The number of nitrogens with two attached hydrogens (primary N) is 1. The van der Waals surface area contributed by atoms with E-state index < -0.39 is 16.5 Å². The van der Waals surface area contributed by atoms with Gasteiger partial charge in [0.2, 0.25) is 0 Å². The molecule has 3 N–H and O–H groups in total. The van der Waals surface area contributed by atoms with Crippen LogP contribution in [-0.4, -0.2) is 37.4 Å². The zero-order valence-corrected chi connectivity index (χ0v) is 11.2. The summed E-state index contributed by atoms with van der Waals surface area (Å²) in [6, 6.07) is 1.29. The second kappa shape index (κ2) is 4.12. The van der Waals surface area contributed by atoms with E-state index >= 15 is 0 Å². The van der Waals surface area contributed by atoms with E-state index in [9.17, 15) is 4.79 Å². The van der Waals surface area contributed by atoms with Gasteiger partial charge in [0.25, 0.3) is 0 Å². The molecule has 8 radical (unpaired) electrons. The van der Waals surface area contributed by atoms with Gasteiger partial charge >= 0.3 is 6.03 Å². The summed E-state index contributed by atoms with van der Waals surface area (Å²) in [7, 11) is 24.5. The van der Waals surface area contributed by atoms with E-state index in [-0.39, 0.29) is 0 Å². The zero-order chi connectivity index (χ0) is 14.7. The van der Waals surface area contributed by atoms with E-state index in [1.54, 1.807) is 0 Å². The standard InChI is InChI=1S/C13H12B4N2O/c14-12(15)3-1-6-8(12)5-9-7(2-4-13(9,16)17)10(6)19-11(18)20/h5H,1-4H2,(H3,18,19,20). The van der Waals surface area contributed by atoms with E-state index in [0.717, 1.165) is 22.3 Å². The lowest BCUT2D eigenvalue weighted by molar-refractivity contribution is 0.259. The van der Waals surface area contributed by atoms with E-state index in [0.29, 0.717) is 31.4 Å². The van der Waals surface area contributed by atoms with Gasteiger partial charge in [0.05, 0.1) is 31.4 Å². The first-order valence-corrected chi connectivity index (χ1v) is 6.64. The molecule has 0 unspecified atom stereocenters. The molecule has 1 aromatic rings. The average Bonchev–Trinajstić information content (AvgIpc) is 2.78. The molecule has 2 aliphatic rings. The van der Waals surface area contributed by atoms with E-state index in [1.807, 2.05) is 6.07 Å². The van der Waals surface area contributed by atoms with Gasteiger partial charge in [-0.1, -0.05) is 40.5 Å². The smallest absolute Gasteiger partial charge is 0.316 e. The Labute approximate surface area is 124 Å². The number of hydrogen-bond donors (Lipinski definition) is 2. The molecule has 0 spiro atoms. The minimum atomic E-state index is -0.920. The minimum absolute atomic E-state index is 0.612. The quantitative estimate of drug-likeness (QED) is 0.685. The second-order valence-corrected chi connectivity index (χ2v) is 5.87. The van der Waals surface area contributed by atoms with Gasteiger partial charge in [0.15, 0.2) is 0 Å². The Balaban J connectivity index is 2.26. The van der Waals surface area contributed by atoms with Gasteiger partial charge in [-0.15, -0.1) is 0 Å². The van der Waals surface area contributed by atoms with Crippen molar-refractivity contribution in [1.29, 1.82) is 0 Å². The van der Waals surface area contributed by atoms with Crippen molar-refractivity contribution < 1.29 is 4.79 Å². The summed E-state index contributed by atoms with van der Waals surface area (Å²) in [5.74, 6) is 0. The lowest BCUT2D eigenvalue weighted by Crippen LogP contribution is -2.27. The molecular weight excluding hydrogens is 243 g/mol. The minimum Gasteiger partial charge on any atom is -0.351 e. The molecular formula is C13H12B4N2O. The van der Waals surface area contributed by atoms with Crippen LogP contribution >= 0.6 is 0 Å². The molecule has 3 nitrogen and oxygen atoms in total. The van der Waals surface area contributed by atoms with Gasteiger partial charge in [-0.25, -0.2) is 4.79 Å². The van der Waals surface area contributed by atoms with Gasteiger partial charge in [-0.2, -0.15) is 0 Å². The second-order valence-electron chi connectivity index (χ2n) is 5.87. The molecule has 0 atom stereocenters. The summed E-state index contributed by atoms with van der Waals surface area (Å²) in [6.45, 7) is 0. The topological polar surface area (TPSA) is 55.1 Å². The number of benzene rings is 1. The number of nitrogens with one attached hydrogen (secondary N) is 1. The van der Waals surface area contributed by atoms with Crippen LogP contribution in [0.15, 0.2) is 6.07 Å². The molecule has 0 aliphatic heterocycles. The Kier molecular flexibility index (Phi) is 2.83. The van der Waals surface area contributed by atoms with Crippen LogP contribution in [0.25, 0.3) is 0 Å². The maximum absolute atomic E-state index is 11.3. The van der Waals surface area contributed by atoms with Crippen LogP contribution in [0.3, 0.4) is 0 Å². The number of fused-ring (bicyclic) bond motifs is 2. The van der Waals surface area contributed by atoms with E-state index in [1.165, 1.54) is 0 Å². The number of carbonyl (C=O) groups is 1. The Morgan fingerprint density at radius 2 is 1.50 bits per heavy atom. The Morgan fingerprint density at radius 3 is 1.90 bits per heavy atom. The highest BCUT2D eigenvalue weighted by Crippen LogP contribution is 2.47. The summed E-state index contributed by atoms with van der Waals surface area (Å²) in [4.78, 5) is 11.3. The molecule has 0 saturated heterocycles. The monoisotopic (exact) mass is 256 g/mol. The van der Waals surface area contributed by atoms with Gasteiger partial charge in [0, 0.05) is 5.69 Å². The predicted octanol–water partition coefficient (Wildman–Crippen LogP) is 0.0492.